The number of anilines is 2. The Morgan fingerprint density at radius 1 is 0.851 bits per heavy atom. The van der Waals surface area contributed by atoms with Crippen LogP contribution in [0, 0.1) is 5.92 Å². The van der Waals surface area contributed by atoms with E-state index in [-0.39, 0.29) is 24.0 Å². The van der Waals surface area contributed by atoms with Crippen molar-refractivity contribution >= 4 is 29.1 Å². The van der Waals surface area contributed by atoms with Gasteiger partial charge in [0.15, 0.2) is 5.60 Å². The number of carbonyl (C=O) groups is 3. The molecule has 4 aromatic carbocycles. The fourth-order valence-corrected chi connectivity index (χ4v) is 6.38. The molecule has 0 aromatic heterocycles. The van der Waals surface area contributed by atoms with Crippen molar-refractivity contribution in [3.63, 3.8) is 0 Å². The molecule has 1 spiro atoms. The number of aromatic hydroxyl groups is 1. The maximum atomic E-state index is 13.9. The van der Waals surface area contributed by atoms with E-state index in [4.69, 9.17) is 15.2 Å². The summed E-state index contributed by atoms with van der Waals surface area (Å²) in [5.41, 5.74) is 10.7. The minimum absolute atomic E-state index is 0.0884. The van der Waals surface area contributed by atoms with Gasteiger partial charge < -0.3 is 36.3 Å². The first-order chi connectivity index (χ1) is 22.5. The summed E-state index contributed by atoms with van der Waals surface area (Å²) in [6, 6.07) is 23.6. The molecule has 0 radical (unpaired) electrons. The second-order valence-electron chi connectivity index (χ2n) is 12.5. The van der Waals surface area contributed by atoms with E-state index in [1.807, 2.05) is 50.2 Å². The van der Waals surface area contributed by atoms with Gasteiger partial charge in [0.05, 0.1) is 6.61 Å². The summed E-state index contributed by atoms with van der Waals surface area (Å²) in [5, 5.41) is 18.3. The van der Waals surface area contributed by atoms with Crippen molar-refractivity contribution in [2.24, 2.45) is 5.92 Å². The third-order valence-electron chi connectivity index (χ3n) is 8.48. The molecule has 242 valence electrons. The number of fused-ring (bicyclic) bond motifs is 6. The third kappa shape index (κ3) is 6.37. The predicted octanol–water partition coefficient (Wildman–Crippen LogP) is 5.12. The lowest BCUT2D eigenvalue weighted by molar-refractivity contribution is -0.130. The van der Waals surface area contributed by atoms with E-state index in [9.17, 15) is 19.5 Å². The van der Waals surface area contributed by atoms with Crippen LogP contribution >= 0.6 is 0 Å². The van der Waals surface area contributed by atoms with Crippen LogP contribution in [0.2, 0.25) is 0 Å². The van der Waals surface area contributed by atoms with Gasteiger partial charge in [-0.25, -0.2) is 0 Å². The maximum Gasteiger partial charge on any atom is 0.247 e. The van der Waals surface area contributed by atoms with E-state index in [1.165, 1.54) is 19.1 Å². The fraction of sp³-hybridized carbons (Fsp3) is 0.270. The summed E-state index contributed by atoms with van der Waals surface area (Å²) in [4.78, 5) is 39.2. The molecule has 2 aliphatic heterocycles. The summed E-state index contributed by atoms with van der Waals surface area (Å²) in [6.45, 7) is 5.68. The number of ether oxygens (including phenoxy) is 2. The molecule has 1 unspecified atom stereocenters. The normalized spacial score (nSPS) is 17.1. The molecule has 6 N–H and O–H groups in total. The Labute approximate surface area is 273 Å². The number of phenols is 1. The Morgan fingerprint density at radius 2 is 1.55 bits per heavy atom. The number of nitrogens with one attached hydrogen (secondary N) is 3. The average molecular weight is 635 g/mol. The minimum Gasteiger partial charge on any atom is -0.508 e. The summed E-state index contributed by atoms with van der Waals surface area (Å²) >= 11 is 0. The van der Waals surface area contributed by atoms with E-state index >= 15 is 0 Å². The van der Waals surface area contributed by atoms with Crippen molar-refractivity contribution in [2.45, 2.75) is 57.9 Å². The maximum absolute atomic E-state index is 13.9. The highest BCUT2D eigenvalue weighted by atomic mass is 16.5. The number of nitrogens with two attached hydrogens (primary N) is 1. The van der Waals surface area contributed by atoms with Crippen LogP contribution in [0.4, 0.5) is 11.4 Å². The molecule has 4 aromatic rings. The van der Waals surface area contributed by atoms with Gasteiger partial charge in [-0.2, -0.15) is 0 Å². The first kappa shape index (κ1) is 31.6. The molecule has 47 heavy (non-hydrogen) atoms. The van der Waals surface area contributed by atoms with E-state index in [2.05, 4.69) is 22.0 Å². The van der Waals surface area contributed by atoms with Crippen molar-refractivity contribution in [1.29, 1.82) is 0 Å². The average Bonchev–Trinajstić information content (AvgIpc) is 3.40. The van der Waals surface area contributed by atoms with E-state index < -0.39 is 29.5 Å². The Morgan fingerprint density at radius 3 is 2.28 bits per heavy atom. The van der Waals surface area contributed by atoms with E-state index in [0.29, 0.717) is 35.9 Å². The monoisotopic (exact) mass is 634 g/mol. The quantitative estimate of drug-likeness (QED) is 0.160. The Hall–Kier alpha value is -5.35. The van der Waals surface area contributed by atoms with Crippen molar-refractivity contribution in [1.82, 2.24) is 10.6 Å². The molecule has 10 heteroatoms. The highest BCUT2D eigenvalue weighted by molar-refractivity contribution is 5.98. The molecule has 0 bridgehead atoms. The molecule has 3 amide bonds. The molecule has 6 rings (SSSR count). The second-order valence-corrected chi connectivity index (χ2v) is 12.5. The molecule has 3 atom stereocenters. The van der Waals surface area contributed by atoms with Crippen LogP contribution in [0.15, 0.2) is 84.9 Å². The van der Waals surface area contributed by atoms with Gasteiger partial charge >= 0.3 is 0 Å². The number of benzene rings is 4. The molecule has 0 saturated heterocycles. The summed E-state index contributed by atoms with van der Waals surface area (Å²) < 4.78 is 13.0. The largest absolute Gasteiger partial charge is 0.508 e. The zero-order chi connectivity index (χ0) is 33.3. The highest BCUT2D eigenvalue weighted by Gasteiger charge is 2.49. The number of hydrogen-bond acceptors (Lipinski definition) is 7. The van der Waals surface area contributed by atoms with Gasteiger partial charge in [0.2, 0.25) is 17.7 Å². The lowest BCUT2D eigenvalue weighted by Gasteiger charge is -2.37. The van der Waals surface area contributed by atoms with E-state index in [0.717, 1.165) is 27.8 Å². The SMILES string of the molecule is CC(=O)N[C@@H](CC(C)C)C(=O)N[C@@H](Cc1ccc(O)cc1)C(=O)Nc1ccc2c(c1)Oc1cc(N)ccc1C21OCc2ccccc21. The molecular weight excluding hydrogens is 596 g/mol. The van der Waals surface area contributed by atoms with Crippen LogP contribution in [0.3, 0.4) is 0 Å². The van der Waals surface area contributed by atoms with E-state index in [1.54, 1.807) is 30.3 Å². The molecule has 0 aliphatic carbocycles. The number of phenolic OH excluding ortho intramolecular Hbond substituents is 1. The van der Waals surface area contributed by atoms with Gasteiger partial charge in [0, 0.05) is 48.0 Å². The number of hydrogen-bond donors (Lipinski definition) is 5. The van der Waals surface area contributed by atoms with Gasteiger partial charge in [0.25, 0.3) is 0 Å². The number of carbonyl (C=O) groups excluding carboxylic acids is 3. The summed E-state index contributed by atoms with van der Waals surface area (Å²) in [6.07, 6.45) is 0.550. The Balaban J connectivity index is 1.31. The third-order valence-corrected chi connectivity index (χ3v) is 8.48. The summed E-state index contributed by atoms with van der Waals surface area (Å²) in [5.74, 6) is 0.00509. The molecule has 0 fully saturated rings. The van der Waals surface area contributed by atoms with Gasteiger partial charge in [-0.15, -0.1) is 0 Å². The van der Waals surface area contributed by atoms with Gasteiger partial charge in [-0.3, -0.25) is 14.4 Å². The van der Waals surface area contributed by atoms with Crippen LogP contribution in [0.1, 0.15) is 55.0 Å². The van der Waals surface area contributed by atoms with Crippen molar-refractivity contribution in [3.05, 3.63) is 113 Å². The smallest absolute Gasteiger partial charge is 0.247 e. The lowest BCUT2D eigenvalue weighted by atomic mass is 9.77. The van der Waals surface area contributed by atoms with Crippen LogP contribution in [-0.2, 0) is 37.7 Å². The molecule has 10 nitrogen and oxygen atoms in total. The first-order valence-corrected chi connectivity index (χ1v) is 15.6. The van der Waals surface area contributed by atoms with Crippen molar-refractivity contribution in [2.75, 3.05) is 11.1 Å². The predicted molar refractivity (Wildman–Crippen MR) is 178 cm³/mol. The van der Waals surface area contributed by atoms with Crippen molar-refractivity contribution in [3.8, 4) is 17.2 Å². The van der Waals surface area contributed by atoms with Gasteiger partial charge in [-0.1, -0.05) is 50.2 Å². The van der Waals surface area contributed by atoms with Crippen molar-refractivity contribution < 1.29 is 29.0 Å². The van der Waals surface area contributed by atoms with Crippen LogP contribution in [-0.4, -0.2) is 34.9 Å². The molecule has 2 aliphatic rings. The van der Waals surface area contributed by atoms with Gasteiger partial charge in [0.1, 0.15) is 29.3 Å². The molecular formula is C37H38N4O6. The second kappa shape index (κ2) is 12.8. The minimum atomic E-state index is -0.996. The van der Waals surface area contributed by atoms with Crippen LogP contribution in [0.25, 0.3) is 0 Å². The number of rotatable bonds is 9. The molecule has 2 heterocycles. The zero-order valence-corrected chi connectivity index (χ0v) is 26.5. The zero-order valence-electron chi connectivity index (χ0n) is 26.5. The fourth-order valence-electron chi connectivity index (χ4n) is 6.38. The summed E-state index contributed by atoms with van der Waals surface area (Å²) in [7, 11) is 0. The highest BCUT2D eigenvalue weighted by Crippen LogP contribution is 2.56. The topological polar surface area (TPSA) is 152 Å². The standard InChI is InChI=1S/C37H38N4O6/c1-21(2)16-31(39-22(3)42)36(45)41-32(17-23-8-12-27(43)13-9-23)35(44)40-26-11-15-30-34(19-26)47-33-18-25(38)10-14-29(33)37(30)28-7-5-4-6-24(28)20-46-37/h4-15,18-19,21,31-32,43H,16-17,20,38H2,1-3H3,(H,39,42)(H,40,44)(H,41,45)/t31-,32-,37?/m0/s1. The number of amides is 3. The molecule has 0 saturated carbocycles. The lowest BCUT2D eigenvalue weighted by Crippen LogP contribution is -2.53. The van der Waals surface area contributed by atoms with Gasteiger partial charge in [-0.05, 0) is 65.4 Å². The van der Waals surface area contributed by atoms with Crippen LogP contribution in [0.5, 0.6) is 17.2 Å². The Kier molecular flexibility index (Phi) is 8.62. The Bertz CT molecular complexity index is 1840. The first-order valence-electron chi connectivity index (χ1n) is 15.6. The van der Waals surface area contributed by atoms with Crippen LogP contribution < -0.4 is 26.4 Å². The number of nitrogen functional groups attached to an aromatic ring is 1.